The van der Waals surface area contributed by atoms with E-state index in [4.69, 9.17) is 9.15 Å². The van der Waals surface area contributed by atoms with Gasteiger partial charge in [-0.1, -0.05) is 60.2 Å². The number of rotatable bonds is 10. The fraction of sp³-hybridized carbons (Fsp3) is 0.233. The van der Waals surface area contributed by atoms with Crippen LogP contribution in [0.5, 0.6) is 0 Å². The molecule has 0 bridgehead atoms. The van der Waals surface area contributed by atoms with E-state index >= 15 is 0 Å². The molecule has 0 unspecified atom stereocenters. The van der Waals surface area contributed by atoms with Gasteiger partial charge in [0.05, 0.1) is 30.4 Å². The minimum Gasteiger partial charge on any atom is -0.464 e. The van der Waals surface area contributed by atoms with Gasteiger partial charge in [-0.3, -0.25) is 9.59 Å². The van der Waals surface area contributed by atoms with Gasteiger partial charge in [-0.05, 0) is 36.8 Å². The molecule has 4 rings (SSSR count). The molecular formula is C30H31N3O5. The summed E-state index contributed by atoms with van der Waals surface area (Å²) in [6.45, 7) is 2.51. The molecule has 0 aliphatic heterocycles. The van der Waals surface area contributed by atoms with E-state index < -0.39 is 6.03 Å². The molecule has 38 heavy (non-hydrogen) atoms. The molecule has 0 radical (unpaired) electrons. The summed E-state index contributed by atoms with van der Waals surface area (Å²) < 4.78 is 10.9. The highest BCUT2D eigenvalue weighted by atomic mass is 16.5. The van der Waals surface area contributed by atoms with Gasteiger partial charge in [-0.15, -0.1) is 0 Å². The van der Waals surface area contributed by atoms with Crippen molar-refractivity contribution in [2.24, 2.45) is 0 Å². The van der Waals surface area contributed by atoms with Crippen LogP contribution in [0, 0.1) is 6.92 Å². The first-order valence-corrected chi connectivity index (χ1v) is 12.4. The van der Waals surface area contributed by atoms with Gasteiger partial charge in [-0.2, -0.15) is 0 Å². The van der Waals surface area contributed by atoms with Crippen LogP contribution < -0.4 is 10.7 Å². The quantitative estimate of drug-likeness (QED) is 0.329. The summed E-state index contributed by atoms with van der Waals surface area (Å²) in [5.74, 6) is -0.308. The molecule has 1 N–H and O–H groups in total. The van der Waals surface area contributed by atoms with Crippen LogP contribution in [0.4, 0.5) is 10.5 Å². The Balaban J connectivity index is 1.59. The number of amides is 3. The number of aryl methyl sites for hydroxylation is 1. The molecule has 0 saturated heterocycles. The van der Waals surface area contributed by atoms with Gasteiger partial charge < -0.3 is 24.3 Å². The van der Waals surface area contributed by atoms with Crippen LogP contribution in [-0.2, 0) is 22.6 Å². The second kappa shape index (κ2) is 12.7. The van der Waals surface area contributed by atoms with E-state index in [-0.39, 0.29) is 44.1 Å². The zero-order valence-electron chi connectivity index (χ0n) is 21.6. The fourth-order valence-corrected chi connectivity index (χ4v) is 4.08. The van der Waals surface area contributed by atoms with Crippen LogP contribution >= 0.6 is 0 Å². The van der Waals surface area contributed by atoms with E-state index in [2.05, 4.69) is 5.32 Å². The third kappa shape index (κ3) is 6.86. The third-order valence-corrected chi connectivity index (χ3v) is 6.13. The SMILES string of the molecule is COCCN(CC(=O)N(Cc1ccccc1)Cc1coc2ccc(C)cc2c1=O)C(=O)Nc1ccccc1. The number of ether oxygens (including phenoxy) is 1. The summed E-state index contributed by atoms with van der Waals surface area (Å²) in [6.07, 6.45) is 1.41. The Hall–Kier alpha value is -4.43. The molecule has 1 heterocycles. The molecule has 0 aliphatic carbocycles. The predicted octanol–water partition coefficient (Wildman–Crippen LogP) is 4.81. The largest absolute Gasteiger partial charge is 0.464 e. The number of benzene rings is 3. The highest BCUT2D eigenvalue weighted by molar-refractivity contribution is 5.92. The molecule has 196 valence electrons. The van der Waals surface area contributed by atoms with Crippen molar-refractivity contribution in [1.29, 1.82) is 0 Å². The van der Waals surface area contributed by atoms with E-state index in [1.165, 1.54) is 18.3 Å². The van der Waals surface area contributed by atoms with Crippen LogP contribution in [0.15, 0.2) is 94.3 Å². The van der Waals surface area contributed by atoms with Crippen molar-refractivity contribution in [3.05, 3.63) is 112 Å². The topological polar surface area (TPSA) is 92.1 Å². The Bertz CT molecular complexity index is 1440. The van der Waals surface area contributed by atoms with Crippen LogP contribution in [-0.4, -0.2) is 48.5 Å². The zero-order valence-corrected chi connectivity index (χ0v) is 21.6. The molecule has 0 spiro atoms. The summed E-state index contributed by atoms with van der Waals surface area (Å²) in [5, 5.41) is 3.30. The average Bonchev–Trinajstić information content (AvgIpc) is 2.93. The number of fused-ring (bicyclic) bond motifs is 1. The second-order valence-corrected chi connectivity index (χ2v) is 9.04. The highest BCUT2D eigenvalue weighted by Crippen LogP contribution is 2.16. The number of methoxy groups -OCH3 is 1. The Kier molecular flexibility index (Phi) is 8.89. The maximum atomic E-state index is 13.6. The maximum absolute atomic E-state index is 13.6. The molecule has 8 heteroatoms. The van der Waals surface area contributed by atoms with Gasteiger partial charge in [0.2, 0.25) is 5.91 Å². The van der Waals surface area contributed by atoms with Crippen molar-refractivity contribution >= 4 is 28.6 Å². The van der Waals surface area contributed by atoms with Crippen molar-refractivity contribution < 1.29 is 18.7 Å². The number of carbonyl (C=O) groups excluding carboxylic acids is 2. The summed E-state index contributed by atoms with van der Waals surface area (Å²) in [6, 6.07) is 23.6. The Morgan fingerprint density at radius 3 is 2.34 bits per heavy atom. The molecule has 3 aromatic carbocycles. The van der Waals surface area contributed by atoms with Crippen molar-refractivity contribution in [2.75, 3.05) is 32.1 Å². The predicted molar refractivity (Wildman–Crippen MR) is 147 cm³/mol. The van der Waals surface area contributed by atoms with Crippen LogP contribution in [0.1, 0.15) is 16.7 Å². The van der Waals surface area contributed by atoms with E-state index in [0.717, 1.165) is 11.1 Å². The van der Waals surface area contributed by atoms with Crippen molar-refractivity contribution in [3.8, 4) is 0 Å². The lowest BCUT2D eigenvalue weighted by atomic mass is 10.1. The number of anilines is 1. The molecule has 1 aromatic heterocycles. The monoisotopic (exact) mass is 513 g/mol. The lowest BCUT2D eigenvalue weighted by Crippen LogP contribution is -2.45. The third-order valence-electron chi connectivity index (χ3n) is 6.13. The summed E-state index contributed by atoms with van der Waals surface area (Å²) in [4.78, 5) is 42.9. The standard InChI is InChI=1S/C30H31N3O5/c1-22-13-14-27-26(17-22)29(35)24(21-38-27)19-33(18-23-9-5-3-6-10-23)28(34)20-32(15-16-37-2)30(36)31-25-11-7-4-8-12-25/h3-14,17,21H,15-16,18-20H2,1-2H3,(H,31,36). The molecule has 0 fully saturated rings. The number of carbonyl (C=O) groups is 2. The summed E-state index contributed by atoms with van der Waals surface area (Å²) >= 11 is 0. The molecule has 0 atom stereocenters. The summed E-state index contributed by atoms with van der Waals surface area (Å²) in [7, 11) is 1.54. The smallest absolute Gasteiger partial charge is 0.322 e. The minimum absolute atomic E-state index is 0.0400. The number of urea groups is 1. The number of nitrogens with one attached hydrogen (secondary N) is 1. The first-order chi connectivity index (χ1) is 18.4. The highest BCUT2D eigenvalue weighted by Gasteiger charge is 2.23. The van der Waals surface area contributed by atoms with Gasteiger partial charge in [0.25, 0.3) is 0 Å². The number of hydrogen-bond acceptors (Lipinski definition) is 5. The molecular weight excluding hydrogens is 482 g/mol. The van der Waals surface area contributed by atoms with Gasteiger partial charge in [0.15, 0.2) is 5.43 Å². The van der Waals surface area contributed by atoms with Crippen LogP contribution in [0.25, 0.3) is 11.0 Å². The lowest BCUT2D eigenvalue weighted by Gasteiger charge is -2.28. The van der Waals surface area contributed by atoms with Gasteiger partial charge in [0, 0.05) is 25.9 Å². The Morgan fingerprint density at radius 1 is 0.921 bits per heavy atom. The first kappa shape index (κ1) is 26.6. The molecule has 4 aromatic rings. The normalized spacial score (nSPS) is 10.8. The molecule has 3 amide bonds. The number of hydrogen-bond donors (Lipinski definition) is 1. The van der Waals surface area contributed by atoms with Crippen LogP contribution in [0.3, 0.4) is 0 Å². The van der Waals surface area contributed by atoms with E-state index in [9.17, 15) is 14.4 Å². The Morgan fingerprint density at radius 2 is 1.63 bits per heavy atom. The van der Waals surface area contributed by atoms with Crippen molar-refractivity contribution in [3.63, 3.8) is 0 Å². The minimum atomic E-state index is -0.415. The molecule has 0 saturated carbocycles. The van der Waals surface area contributed by atoms with Gasteiger partial charge in [-0.25, -0.2) is 4.79 Å². The van der Waals surface area contributed by atoms with E-state index in [1.54, 1.807) is 29.2 Å². The summed E-state index contributed by atoms with van der Waals surface area (Å²) in [5.41, 5.74) is 3.14. The number of para-hydroxylation sites is 1. The molecule has 0 aliphatic rings. The lowest BCUT2D eigenvalue weighted by molar-refractivity contribution is -0.133. The van der Waals surface area contributed by atoms with Crippen LogP contribution in [0.2, 0.25) is 0 Å². The second-order valence-electron chi connectivity index (χ2n) is 9.04. The van der Waals surface area contributed by atoms with E-state index in [0.29, 0.717) is 22.2 Å². The van der Waals surface area contributed by atoms with Gasteiger partial charge in [0.1, 0.15) is 12.1 Å². The fourth-order valence-electron chi connectivity index (χ4n) is 4.08. The van der Waals surface area contributed by atoms with Crippen molar-refractivity contribution in [2.45, 2.75) is 20.0 Å². The average molecular weight is 514 g/mol. The number of nitrogens with zero attached hydrogens (tertiary/aromatic N) is 2. The maximum Gasteiger partial charge on any atom is 0.322 e. The van der Waals surface area contributed by atoms with E-state index in [1.807, 2.05) is 61.5 Å². The first-order valence-electron chi connectivity index (χ1n) is 12.4. The Labute approximate surface area is 221 Å². The van der Waals surface area contributed by atoms with Crippen molar-refractivity contribution in [1.82, 2.24) is 9.80 Å². The van der Waals surface area contributed by atoms with Gasteiger partial charge >= 0.3 is 6.03 Å². The zero-order chi connectivity index (χ0) is 26.9. The molecule has 8 nitrogen and oxygen atoms in total.